The van der Waals surface area contributed by atoms with E-state index in [-0.39, 0.29) is 0 Å². The lowest BCUT2D eigenvalue weighted by Crippen LogP contribution is -2.38. The molecule has 3 nitrogen and oxygen atoms in total. The van der Waals surface area contributed by atoms with E-state index in [0.717, 1.165) is 16.5 Å². The van der Waals surface area contributed by atoms with E-state index in [4.69, 9.17) is 4.74 Å². The predicted octanol–water partition coefficient (Wildman–Crippen LogP) is 4.41. The van der Waals surface area contributed by atoms with Crippen LogP contribution in [0.2, 0.25) is 0 Å². The highest BCUT2D eigenvalue weighted by molar-refractivity contribution is 9.08. The summed E-state index contributed by atoms with van der Waals surface area (Å²) in [6.45, 7) is 3.10. The third-order valence-electron chi connectivity index (χ3n) is 3.42. The fraction of sp³-hybridized carbons (Fsp3) is 0.278. The Morgan fingerprint density at radius 3 is 2.27 bits per heavy atom. The van der Waals surface area contributed by atoms with Gasteiger partial charge in [-0.1, -0.05) is 58.4 Å². The van der Waals surface area contributed by atoms with Gasteiger partial charge in [-0.3, -0.25) is 0 Å². The summed E-state index contributed by atoms with van der Waals surface area (Å²) in [5.41, 5.74) is 2.10. The van der Waals surface area contributed by atoms with Gasteiger partial charge in [-0.05, 0) is 36.6 Å². The number of alkyl halides is 1. The Labute approximate surface area is 139 Å². The number of aliphatic carboxylic acids is 1. The quantitative estimate of drug-likeness (QED) is 0.773. The van der Waals surface area contributed by atoms with E-state index in [0.29, 0.717) is 12.2 Å². The van der Waals surface area contributed by atoms with E-state index in [2.05, 4.69) is 40.2 Å². The molecule has 0 aliphatic heterocycles. The molecule has 0 saturated carbocycles. The largest absolute Gasteiger partial charge is 0.478 e. The van der Waals surface area contributed by atoms with Crippen LogP contribution < -0.4 is 4.74 Å². The van der Waals surface area contributed by atoms with Crippen LogP contribution in [0.3, 0.4) is 0 Å². The van der Waals surface area contributed by atoms with Crippen LogP contribution in [0.15, 0.2) is 48.5 Å². The van der Waals surface area contributed by atoms with Crippen molar-refractivity contribution in [3.63, 3.8) is 0 Å². The molecule has 0 fully saturated rings. The summed E-state index contributed by atoms with van der Waals surface area (Å²) in [7, 11) is 0. The minimum absolute atomic E-state index is 0.611. The van der Waals surface area contributed by atoms with Gasteiger partial charge in [0, 0.05) is 11.8 Å². The molecule has 0 atom stereocenters. The SMILES string of the molecule is CC(C)(Oc1ccccc1Cc1ccc(CBr)cc1)C(=O)O. The summed E-state index contributed by atoms with van der Waals surface area (Å²) in [5, 5.41) is 10.0. The standard InChI is InChI=1S/C18H19BrO3/c1-18(2,17(20)21)22-16-6-4-3-5-15(16)11-13-7-9-14(12-19)10-8-13/h3-10H,11-12H2,1-2H3,(H,20,21). The number of para-hydroxylation sites is 1. The zero-order valence-electron chi connectivity index (χ0n) is 12.7. The second-order valence-corrected chi connectivity index (χ2v) is 6.21. The molecule has 1 N–H and O–H groups in total. The van der Waals surface area contributed by atoms with Crippen molar-refractivity contribution in [2.45, 2.75) is 31.2 Å². The van der Waals surface area contributed by atoms with Crippen LogP contribution in [0.25, 0.3) is 0 Å². The number of carboxylic acids is 1. The zero-order valence-corrected chi connectivity index (χ0v) is 14.3. The molecule has 4 heteroatoms. The number of hydrogen-bond donors (Lipinski definition) is 1. The third kappa shape index (κ3) is 4.10. The first-order valence-electron chi connectivity index (χ1n) is 7.06. The average Bonchev–Trinajstić information content (AvgIpc) is 2.49. The second-order valence-electron chi connectivity index (χ2n) is 5.65. The first-order chi connectivity index (χ1) is 10.4. The molecule has 0 radical (unpaired) electrons. The van der Waals surface area contributed by atoms with Gasteiger partial charge in [0.05, 0.1) is 0 Å². The Balaban J connectivity index is 2.22. The molecule has 0 aromatic heterocycles. The van der Waals surface area contributed by atoms with Gasteiger partial charge < -0.3 is 9.84 Å². The summed E-state index contributed by atoms with van der Waals surface area (Å²) < 4.78 is 5.70. The van der Waals surface area contributed by atoms with Crippen molar-refractivity contribution in [3.05, 3.63) is 65.2 Å². The van der Waals surface area contributed by atoms with Crippen LogP contribution in [0.1, 0.15) is 30.5 Å². The number of carboxylic acid groups (broad SMARTS) is 1. The number of rotatable bonds is 6. The Kier molecular flexibility index (Phi) is 5.24. The Bertz CT molecular complexity index is 648. The van der Waals surface area contributed by atoms with Crippen molar-refractivity contribution in [1.82, 2.24) is 0 Å². The fourth-order valence-corrected chi connectivity index (χ4v) is 2.41. The number of benzene rings is 2. The number of hydrogen-bond acceptors (Lipinski definition) is 2. The molecule has 22 heavy (non-hydrogen) atoms. The van der Waals surface area contributed by atoms with Crippen LogP contribution >= 0.6 is 15.9 Å². The van der Waals surface area contributed by atoms with Gasteiger partial charge in [0.25, 0.3) is 0 Å². The van der Waals surface area contributed by atoms with Crippen molar-refractivity contribution in [1.29, 1.82) is 0 Å². The maximum atomic E-state index is 11.2. The van der Waals surface area contributed by atoms with Gasteiger partial charge in [0.1, 0.15) is 5.75 Å². The predicted molar refractivity (Wildman–Crippen MR) is 90.7 cm³/mol. The highest BCUT2D eigenvalue weighted by Gasteiger charge is 2.30. The van der Waals surface area contributed by atoms with Crippen molar-refractivity contribution in [3.8, 4) is 5.75 Å². The van der Waals surface area contributed by atoms with Crippen molar-refractivity contribution >= 4 is 21.9 Å². The number of ether oxygens (including phenoxy) is 1. The molecular weight excluding hydrogens is 344 g/mol. The van der Waals surface area contributed by atoms with Crippen LogP contribution in [0, 0.1) is 0 Å². The van der Waals surface area contributed by atoms with E-state index in [9.17, 15) is 9.90 Å². The van der Waals surface area contributed by atoms with E-state index in [1.807, 2.05) is 24.3 Å². The van der Waals surface area contributed by atoms with Crippen LogP contribution in [-0.4, -0.2) is 16.7 Å². The van der Waals surface area contributed by atoms with E-state index in [1.165, 1.54) is 5.56 Å². The first kappa shape index (κ1) is 16.6. The topological polar surface area (TPSA) is 46.5 Å². The molecule has 0 saturated heterocycles. The fourth-order valence-electron chi connectivity index (χ4n) is 2.03. The summed E-state index contributed by atoms with van der Waals surface area (Å²) in [6.07, 6.45) is 0.703. The zero-order chi connectivity index (χ0) is 16.2. The van der Waals surface area contributed by atoms with Gasteiger partial charge in [-0.15, -0.1) is 0 Å². The van der Waals surface area contributed by atoms with Gasteiger partial charge in [-0.2, -0.15) is 0 Å². The molecule has 2 rings (SSSR count). The molecule has 0 bridgehead atoms. The third-order valence-corrected chi connectivity index (χ3v) is 4.07. The van der Waals surface area contributed by atoms with Gasteiger partial charge in [0.15, 0.2) is 5.60 Å². The lowest BCUT2D eigenvalue weighted by molar-refractivity contribution is -0.152. The van der Waals surface area contributed by atoms with Crippen molar-refractivity contribution in [2.24, 2.45) is 0 Å². The van der Waals surface area contributed by atoms with Crippen LogP contribution in [-0.2, 0) is 16.5 Å². The summed E-state index contributed by atoms with van der Waals surface area (Å²) in [6, 6.07) is 15.9. The molecule has 0 aliphatic rings. The number of carbonyl (C=O) groups is 1. The molecule has 0 aliphatic carbocycles. The molecular formula is C18H19BrO3. The average molecular weight is 363 g/mol. The normalized spacial score (nSPS) is 11.2. The summed E-state index contributed by atoms with van der Waals surface area (Å²) in [5.74, 6) is -0.372. The van der Waals surface area contributed by atoms with Crippen LogP contribution in [0.4, 0.5) is 0 Å². The van der Waals surface area contributed by atoms with E-state index >= 15 is 0 Å². The minimum atomic E-state index is -1.25. The lowest BCUT2D eigenvalue weighted by atomic mass is 10.0. The minimum Gasteiger partial charge on any atom is -0.478 e. The lowest BCUT2D eigenvalue weighted by Gasteiger charge is -2.23. The van der Waals surface area contributed by atoms with Gasteiger partial charge >= 0.3 is 5.97 Å². The van der Waals surface area contributed by atoms with Gasteiger partial charge in [0.2, 0.25) is 0 Å². The maximum absolute atomic E-state index is 11.2. The van der Waals surface area contributed by atoms with Gasteiger partial charge in [-0.25, -0.2) is 4.79 Å². The smallest absolute Gasteiger partial charge is 0.347 e. The summed E-state index contributed by atoms with van der Waals surface area (Å²) in [4.78, 5) is 11.2. The Morgan fingerprint density at radius 2 is 1.68 bits per heavy atom. The first-order valence-corrected chi connectivity index (χ1v) is 8.18. The Morgan fingerprint density at radius 1 is 1.09 bits per heavy atom. The molecule has 2 aromatic rings. The molecule has 2 aromatic carbocycles. The Hall–Kier alpha value is -1.81. The van der Waals surface area contributed by atoms with Crippen LogP contribution in [0.5, 0.6) is 5.75 Å². The molecule has 0 heterocycles. The monoisotopic (exact) mass is 362 g/mol. The maximum Gasteiger partial charge on any atom is 0.347 e. The molecule has 0 unspecified atom stereocenters. The number of halogens is 1. The van der Waals surface area contributed by atoms with E-state index < -0.39 is 11.6 Å². The molecule has 116 valence electrons. The summed E-state index contributed by atoms with van der Waals surface area (Å²) >= 11 is 3.43. The van der Waals surface area contributed by atoms with E-state index in [1.54, 1.807) is 13.8 Å². The highest BCUT2D eigenvalue weighted by Crippen LogP contribution is 2.26. The molecule has 0 spiro atoms. The van der Waals surface area contributed by atoms with Crippen molar-refractivity contribution in [2.75, 3.05) is 0 Å². The van der Waals surface area contributed by atoms with Crippen molar-refractivity contribution < 1.29 is 14.6 Å². The second kappa shape index (κ2) is 6.97. The molecule has 0 amide bonds. The highest BCUT2D eigenvalue weighted by atomic mass is 79.9.